The van der Waals surface area contributed by atoms with Gasteiger partial charge < -0.3 is 27.2 Å². The van der Waals surface area contributed by atoms with Crippen molar-refractivity contribution in [3.05, 3.63) is 53.9 Å². The normalized spacial score (nSPS) is 10.1. The zero-order valence-electron chi connectivity index (χ0n) is 15.6. The predicted molar refractivity (Wildman–Crippen MR) is 99.4 cm³/mol. The van der Waals surface area contributed by atoms with Crippen molar-refractivity contribution in [1.29, 1.82) is 0 Å². The van der Waals surface area contributed by atoms with Crippen LogP contribution in [0.2, 0.25) is 0 Å². The molecule has 25 heavy (non-hydrogen) atoms. The molecule has 2 aromatic rings. The molecule has 0 unspecified atom stereocenters. The van der Waals surface area contributed by atoms with E-state index < -0.39 is 0 Å². The summed E-state index contributed by atoms with van der Waals surface area (Å²) in [6.07, 6.45) is 4.48. The Morgan fingerprint density at radius 1 is 1.08 bits per heavy atom. The molecule has 0 aliphatic rings. The van der Waals surface area contributed by atoms with E-state index in [1.54, 1.807) is 0 Å². The Bertz CT molecular complexity index is 682. The zero-order valence-corrected chi connectivity index (χ0v) is 17.1. The van der Waals surface area contributed by atoms with Crippen molar-refractivity contribution < 1.29 is 26.3 Å². The average Bonchev–Trinajstić information content (AvgIpc) is 2.58. The molecule has 5 heteroatoms. The second-order valence-electron chi connectivity index (χ2n) is 6.08. The maximum atomic E-state index is 12.2. The first-order valence-corrected chi connectivity index (χ1v) is 8.64. The fourth-order valence-corrected chi connectivity index (χ4v) is 2.70. The number of amides is 1. The second-order valence-corrected chi connectivity index (χ2v) is 6.08. The highest BCUT2D eigenvalue weighted by Gasteiger charge is 2.10. The molecule has 2 rings (SSSR count). The summed E-state index contributed by atoms with van der Waals surface area (Å²) in [6.45, 7) is 11.0. The number of carbonyl (C=O) groups excluding carboxylic acids is 1. The van der Waals surface area contributed by atoms with Crippen LogP contribution in [0.3, 0.4) is 0 Å². The molecule has 0 radical (unpaired) electrons. The molecule has 0 aliphatic heterocycles. The molecule has 1 N–H and O–H groups in total. The molecule has 0 aliphatic carbocycles. The lowest BCUT2D eigenvalue weighted by Crippen LogP contribution is -3.00. The number of carbonyl (C=O) groups is 1. The zero-order chi connectivity index (χ0) is 17.5. The van der Waals surface area contributed by atoms with Crippen molar-refractivity contribution in [2.75, 3.05) is 23.3 Å². The van der Waals surface area contributed by atoms with E-state index in [2.05, 4.69) is 43.1 Å². The Kier molecular flexibility index (Phi) is 8.62. The standard InChI is InChI=1S/C20H27N3O.BrH/c1-5-23(6-2)18-7-8-19(17(4)15-18)21-20(24)11-14-22-12-9-16(3)10-13-22;/h7-10,12-13,15H,5-6,11,14H2,1-4H3;1H. The highest BCUT2D eigenvalue weighted by atomic mass is 79.9. The molecular weight excluding hydrogens is 378 g/mol. The summed E-state index contributed by atoms with van der Waals surface area (Å²) < 4.78 is 2.03. The van der Waals surface area contributed by atoms with Crippen LogP contribution in [0.4, 0.5) is 11.4 Å². The molecule has 0 atom stereocenters. The molecule has 1 aromatic carbocycles. The minimum Gasteiger partial charge on any atom is -1.00 e. The van der Waals surface area contributed by atoms with Crippen LogP contribution >= 0.6 is 0 Å². The van der Waals surface area contributed by atoms with E-state index >= 15 is 0 Å². The number of aryl methyl sites for hydroxylation is 3. The van der Waals surface area contributed by atoms with E-state index in [0.29, 0.717) is 13.0 Å². The van der Waals surface area contributed by atoms with Crippen molar-refractivity contribution >= 4 is 17.3 Å². The summed E-state index contributed by atoms with van der Waals surface area (Å²) in [5.74, 6) is 0.0433. The molecule has 0 saturated carbocycles. The van der Waals surface area contributed by atoms with E-state index in [-0.39, 0.29) is 22.9 Å². The summed E-state index contributed by atoms with van der Waals surface area (Å²) in [5, 5.41) is 3.02. The van der Waals surface area contributed by atoms with E-state index in [1.807, 2.05) is 42.1 Å². The minimum absolute atomic E-state index is 0. The monoisotopic (exact) mass is 405 g/mol. The number of hydrogen-bond acceptors (Lipinski definition) is 2. The lowest BCUT2D eigenvalue weighted by molar-refractivity contribution is -0.695. The summed E-state index contributed by atoms with van der Waals surface area (Å²) in [6, 6.07) is 10.3. The molecular formula is C20H28BrN3O. The number of nitrogens with one attached hydrogen (secondary N) is 1. The molecule has 1 amide bonds. The van der Waals surface area contributed by atoms with Crippen LogP contribution in [0.25, 0.3) is 0 Å². The van der Waals surface area contributed by atoms with E-state index in [1.165, 1.54) is 11.3 Å². The average molecular weight is 406 g/mol. The van der Waals surface area contributed by atoms with Crippen molar-refractivity contribution in [2.24, 2.45) is 0 Å². The molecule has 0 spiro atoms. The van der Waals surface area contributed by atoms with Crippen LogP contribution in [0, 0.1) is 13.8 Å². The third-order valence-electron chi connectivity index (χ3n) is 4.27. The van der Waals surface area contributed by atoms with Crippen molar-refractivity contribution in [3.8, 4) is 0 Å². The van der Waals surface area contributed by atoms with Crippen LogP contribution in [-0.2, 0) is 11.3 Å². The topological polar surface area (TPSA) is 36.2 Å². The van der Waals surface area contributed by atoms with E-state index in [4.69, 9.17) is 0 Å². The van der Waals surface area contributed by atoms with Crippen molar-refractivity contribution in [3.63, 3.8) is 0 Å². The SMILES string of the molecule is CCN(CC)c1ccc(NC(=O)CC[n+]2ccc(C)cc2)c(C)c1.[Br-]. The number of pyridine rings is 1. The summed E-state index contributed by atoms with van der Waals surface area (Å²) in [5.41, 5.74) is 4.41. The third-order valence-corrected chi connectivity index (χ3v) is 4.27. The molecule has 0 fully saturated rings. The molecule has 1 aromatic heterocycles. The Hall–Kier alpha value is -1.88. The number of rotatable bonds is 7. The first-order valence-electron chi connectivity index (χ1n) is 8.64. The molecule has 4 nitrogen and oxygen atoms in total. The first-order chi connectivity index (χ1) is 11.5. The van der Waals surface area contributed by atoms with Gasteiger partial charge in [0.2, 0.25) is 5.91 Å². The highest BCUT2D eigenvalue weighted by molar-refractivity contribution is 5.91. The largest absolute Gasteiger partial charge is 1.00 e. The Morgan fingerprint density at radius 3 is 2.28 bits per heavy atom. The summed E-state index contributed by atoms with van der Waals surface area (Å²) in [7, 11) is 0. The van der Waals surface area contributed by atoms with Gasteiger partial charge in [-0.25, -0.2) is 4.57 Å². The van der Waals surface area contributed by atoms with Gasteiger partial charge in [-0.1, -0.05) is 0 Å². The predicted octanol–water partition coefficient (Wildman–Crippen LogP) is 0.470. The minimum atomic E-state index is 0. The van der Waals surface area contributed by atoms with Gasteiger partial charge in [-0.05, 0) is 57.0 Å². The number of benzene rings is 1. The molecule has 0 bridgehead atoms. The van der Waals surface area contributed by atoms with Crippen LogP contribution in [0.1, 0.15) is 31.4 Å². The number of halogens is 1. The molecule has 0 saturated heterocycles. The quantitative estimate of drug-likeness (QED) is 0.679. The molecule has 1 heterocycles. The first kappa shape index (κ1) is 21.2. The second kappa shape index (κ2) is 10.2. The van der Waals surface area contributed by atoms with Crippen LogP contribution < -0.4 is 31.8 Å². The van der Waals surface area contributed by atoms with Crippen LogP contribution in [0.5, 0.6) is 0 Å². The maximum Gasteiger partial charge on any atom is 0.230 e. The smallest absolute Gasteiger partial charge is 0.230 e. The van der Waals surface area contributed by atoms with E-state index in [0.717, 1.165) is 24.3 Å². The fourth-order valence-electron chi connectivity index (χ4n) is 2.70. The maximum absolute atomic E-state index is 12.2. The van der Waals surface area contributed by atoms with Gasteiger partial charge in [-0.15, -0.1) is 0 Å². The third kappa shape index (κ3) is 6.16. The lowest BCUT2D eigenvalue weighted by atomic mass is 10.1. The van der Waals surface area contributed by atoms with Gasteiger partial charge in [0, 0.05) is 36.6 Å². The van der Waals surface area contributed by atoms with Gasteiger partial charge in [-0.3, -0.25) is 4.79 Å². The number of nitrogens with zero attached hydrogens (tertiary/aromatic N) is 2. The summed E-state index contributed by atoms with van der Waals surface area (Å²) >= 11 is 0. The van der Waals surface area contributed by atoms with E-state index in [9.17, 15) is 4.79 Å². The molecule has 136 valence electrons. The Labute approximate surface area is 161 Å². The van der Waals surface area contributed by atoms with Crippen molar-refractivity contribution in [2.45, 2.75) is 40.7 Å². The van der Waals surface area contributed by atoms with Gasteiger partial charge in [-0.2, -0.15) is 0 Å². The lowest BCUT2D eigenvalue weighted by Gasteiger charge is -2.22. The van der Waals surface area contributed by atoms with Crippen LogP contribution in [-0.4, -0.2) is 19.0 Å². The van der Waals surface area contributed by atoms with Crippen LogP contribution in [0.15, 0.2) is 42.7 Å². The Morgan fingerprint density at radius 2 is 1.72 bits per heavy atom. The van der Waals surface area contributed by atoms with Gasteiger partial charge in [0.05, 0.1) is 6.42 Å². The van der Waals surface area contributed by atoms with Gasteiger partial charge >= 0.3 is 0 Å². The Balaban J connectivity index is 0.00000312. The number of anilines is 2. The number of aromatic nitrogens is 1. The van der Waals surface area contributed by atoms with Gasteiger partial charge in [0.1, 0.15) is 0 Å². The van der Waals surface area contributed by atoms with Gasteiger partial charge in [0.25, 0.3) is 0 Å². The summed E-state index contributed by atoms with van der Waals surface area (Å²) in [4.78, 5) is 14.5. The highest BCUT2D eigenvalue weighted by Crippen LogP contribution is 2.22. The fraction of sp³-hybridized carbons (Fsp3) is 0.400. The number of hydrogen-bond donors (Lipinski definition) is 1. The van der Waals surface area contributed by atoms with Crippen molar-refractivity contribution in [1.82, 2.24) is 0 Å². The van der Waals surface area contributed by atoms with Gasteiger partial charge in [0.15, 0.2) is 18.9 Å².